The molecule has 1 aromatic carbocycles. The van der Waals surface area contributed by atoms with Gasteiger partial charge in [0.2, 0.25) is 11.8 Å². The van der Waals surface area contributed by atoms with Crippen LogP contribution in [0.15, 0.2) is 53.2 Å². The second-order valence-electron chi connectivity index (χ2n) is 6.02. The molecule has 1 N–H and O–H groups in total. The molecule has 0 aliphatic heterocycles. The maximum absolute atomic E-state index is 12.1. The van der Waals surface area contributed by atoms with Crippen LogP contribution in [0.3, 0.4) is 0 Å². The second-order valence-corrected chi connectivity index (χ2v) is 6.46. The third-order valence-corrected chi connectivity index (χ3v) is 4.25. The van der Waals surface area contributed by atoms with Crippen LogP contribution in [0, 0.1) is 6.92 Å². The first-order valence-corrected chi connectivity index (χ1v) is 8.87. The molecule has 0 saturated carbocycles. The van der Waals surface area contributed by atoms with E-state index in [0.717, 1.165) is 18.4 Å². The quantitative estimate of drug-likeness (QED) is 0.639. The van der Waals surface area contributed by atoms with Crippen LogP contribution < -0.4 is 5.32 Å². The molecule has 0 aliphatic rings. The molecule has 0 aliphatic carbocycles. The molecule has 6 heteroatoms. The topological polar surface area (TPSA) is 68.0 Å². The van der Waals surface area contributed by atoms with Crippen LogP contribution in [0.5, 0.6) is 0 Å². The standard InChI is InChI=1S/C20H20ClN3O2/c1-14-18(24-20(26-14)16-6-8-17(21)9-7-16)12-19(25)23-11-3-5-15-4-2-10-22-13-15/h2,4,6-10,13H,3,5,11-12H2,1H3,(H,23,25). The molecule has 0 unspecified atom stereocenters. The zero-order valence-electron chi connectivity index (χ0n) is 14.5. The number of amides is 1. The Morgan fingerprint density at radius 2 is 2.04 bits per heavy atom. The van der Waals surface area contributed by atoms with Crippen LogP contribution in [0.4, 0.5) is 0 Å². The molecule has 0 spiro atoms. The highest BCUT2D eigenvalue weighted by Gasteiger charge is 2.14. The van der Waals surface area contributed by atoms with Crippen molar-refractivity contribution in [1.29, 1.82) is 0 Å². The van der Waals surface area contributed by atoms with Gasteiger partial charge < -0.3 is 9.73 Å². The minimum absolute atomic E-state index is 0.0600. The largest absolute Gasteiger partial charge is 0.441 e. The van der Waals surface area contributed by atoms with Crippen molar-refractivity contribution in [3.63, 3.8) is 0 Å². The average molecular weight is 370 g/mol. The zero-order valence-corrected chi connectivity index (χ0v) is 15.3. The normalized spacial score (nSPS) is 10.7. The third kappa shape index (κ3) is 4.92. The number of nitrogens with one attached hydrogen (secondary N) is 1. The first-order valence-electron chi connectivity index (χ1n) is 8.49. The summed E-state index contributed by atoms with van der Waals surface area (Å²) in [4.78, 5) is 20.7. The number of hydrogen-bond donors (Lipinski definition) is 1. The summed E-state index contributed by atoms with van der Waals surface area (Å²) in [6.07, 6.45) is 5.56. The number of aryl methyl sites for hydroxylation is 2. The molecule has 2 heterocycles. The van der Waals surface area contributed by atoms with Gasteiger partial charge in [-0.25, -0.2) is 4.98 Å². The van der Waals surface area contributed by atoms with Crippen LogP contribution in [-0.4, -0.2) is 22.4 Å². The smallest absolute Gasteiger partial charge is 0.226 e. The van der Waals surface area contributed by atoms with E-state index in [2.05, 4.69) is 15.3 Å². The summed E-state index contributed by atoms with van der Waals surface area (Å²) in [5.41, 5.74) is 2.65. The molecular formula is C20H20ClN3O2. The first kappa shape index (κ1) is 18.1. The Bertz CT molecular complexity index is 861. The summed E-state index contributed by atoms with van der Waals surface area (Å²) in [7, 11) is 0. The van der Waals surface area contributed by atoms with E-state index in [1.165, 1.54) is 5.56 Å². The van der Waals surface area contributed by atoms with Crippen LogP contribution >= 0.6 is 11.6 Å². The van der Waals surface area contributed by atoms with Gasteiger partial charge >= 0.3 is 0 Å². The van der Waals surface area contributed by atoms with E-state index >= 15 is 0 Å². The molecule has 3 aromatic rings. The summed E-state index contributed by atoms with van der Waals surface area (Å²) in [6, 6.07) is 11.2. The van der Waals surface area contributed by atoms with Crippen molar-refractivity contribution in [2.24, 2.45) is 0 Å². The van der Waals surface area contributed by atoms with E-state index in [9.17, 15) is 4.79 Å². The molecular weight excluding hydrogens is 350 g/mol. The summed E-state index contributed by atoms with van der Waals surface area (Å²) in [5.74, 6) is 1.09. The number of carbonyl (C=O) groups excluding carboxylic acids is 1. The van der Waals surface area contributed by atoms with Crippen LogP contribution in [0.25, 0.3) is 11.5 Å². The molecule has 0 fully saturated rings. The first-order chi connectivity index (χ1) is 12.6. The van der Waals surface area contributed by atoms with Gasteiger partial charge in [0.1, 0.15) is 5.76 Å². The van der Waals surface area contributed by atoms with E-state index in [4.69, 9.17) is 16.0 Å². The maximum atomic E-state index is 12.1. The van der Waals surface area contributed by atoms with Crippen molar-refractivity contribution in [1.82, 2.24) is 15.3 Å². The van der Waals surface area contributed by atoms with Gasteiger partial charge in [-0.1, -0.05) is 17.7 Å². The number of pyridine rings is 1. The number of nitrogens with zero attached hydrogens (tertiary/aromatic N) is 2. The van der Waals surface area contributed by atoms with Crippen LogP contribution in [0.2, 0.25) is 5.02 Å². The number of hydrogen-bond acceptors (Lipinski definition) is 4. The monoisotopic (exact) mass is 369 g/mol. The van der Waals surface area contributed by atoms with Gasteiger partial charge in [0.15, 0.2) is 0 Å². The fourth-order valence-electron chi connectivity index (χ4n) is 2.59. The Balaban J connectivity index is 1.50. The van der Waals surface area contributed by atoms with Crippen molar-refractivity contribution in [3.05, 3.63) is 70.8 Å². The molecule has 5 nitrogen and oxygen atoms in total. The van der Waals surface area contributed by atoms with Gasteiger partial charge in [-0.3, -0.25) is 9.78 Å². The minimum atomic E-state index is -0.0600. The molecule has 3 rings (SSSR count). The molecule has 2 aromatic heterocycles. The lowest BCUT2D eigenvalue weighted by atomic mass is 10.1. The van der Waals surface area contributed by atoms with Gasteiger partial charge in [0, 0.05) is 29.5 Å². The summed E-state index contributed by atoms with van der Waals surface area (Å²) < 4.78 is 5.68. The zero-order chi connectivity index (χ0) is 18.4. The minimum Gasteiger partial charge on any atom is -0.441 e. The predicted octanol–water partition coefficient (Wildman–Crippen LogP) is 3.99. The van der Waals surface area contributed by atoms with Crippen molar-refractivity contribution >= 4 is 17.5 Å². The predicted molar refractivity (Wildman–Crippen MR) is 101 cm³/mol. The Morgan fingerprint density at radius 3 is 2.77 bits per heavy atom. The number of rotatable bonds is 7. The van der Waals surface area contributed by atoms with Crippen molar-refractivity contribution in [2.45, 2.75) is 26.2 Å². The highest BCUT2D eigenvalue weighted by atomic mass is 35.5. The average Bonchev–Trinajstić information content (AvgIpc) is 3.01. The number of halogens is 1. The van der Waals surface area contributed by atoms with Gasteiger partial charge in [0.25, 0.3) is 0 Å². The Hall–Kier alpha value is -2.66. The van der Waals surface area contributed by atoms with Crippen molar-refractivity contribution < 1.29 is 9.21 Å². The van der Waals surface area contributed by atoms with Crippen LogP contribution in [-0.2, 0) is 17.6 Å². The van der Waals surface area contributed by atoms with E-state index in [-0.39, 0.29) is 12.3 Å². The SMILES string of the molecule is Cc1oc(-c2ccc(Cl)cc2)nc1CC(=O)NCCCc1cccnc1. The summed E-state index contributed by atoms with van der Waals surface area (Å²) in [5, 5.41) is 3.58. The Morgan fingerprint density at radius 1 is 1.23 bits per heavy atom. The lowest BCUT2D eigenvalue weighted by Crippen LogP contribution is -2.26. The number of benzene rings is 1. The molecule has 0 bridgehead atoms. The van der Waals surface area contributed by atoms with Gasteiger partial charge in [0.05, 0.1) is 12.1 Å². The van der Waals surface area contributed by atoms with E-state index in [1.54, 1.807) is 18.3 Å². The van der Waals surface area contributed by atoms with Crippen LogP contribution in [0.1, 0.15) is 23.4 Å². The second kappa shape index (κ2) is 8.63. The summed E-state index contributed by atoms with van der Waals surface area (Å²) in [6.45, 7) is 2.44. The summed E-state index contributed by atoms with van der Waals surface area (Å²) >= 11 is 5.90. The van der Waals surface area contributed by atoms with Crippen molar-refractivity contribution in [3.8, 4) is 11.5 Å². The third-order valence-electron chi connectivity index (χ3n) is 4.00. The van der Waals surface area contributed by atoms with E-state index < -0.39 is 0 Å². The molecule has 0 atom stereocenters. The fraction of sp³-hybridized carbons (Fsp3) is 0.250. The van der Waals surface area contributed by atoms with Gasteiger partial charge in [-0.2, -0.15) is 0 Å². The number of aromatic nitrogens is 2. The Labute approximate surface area is 157 Å². The molecule has 26 heavy (non-hydrogen) atoms. The van der Waals surface area contributed by atoms with E-state index in [1.807, 2.05) is 37.4 Å². The lowest BCUT2D eigenvalue weighted by molar-refractivity contribution is -0.120. The highest BCUT2D eigenvalue weighted by molar-refractivity contribution is 6.30. The van der Waals surface area contributed by atoms with Gasteiger partial charge in [-0.15, -0.1) is 0 Å². The molecule has 0 saturated heterocycles. The fourth-order valence-corrected chi connectivity index (χ4v) is 2.71. The Kier molecular flexibility index (Phi) is 6.02. The number of oxazole rings is 1. The van der Waals surface area contributed by atoms with E-state index in [0.29, 0.717) is 28.9 Å². The molecule has 1 amide bonds. The lowest BCUT2D eigenvalue weighted by Gasteiger charge is -2.04. The molecule has 134 valence electrons. The maximum Gasteiger partial charge on any atom is 0.226 e. The molecule has 0 radical (unpaired) electrons. The highest BCUT2D eigenvalue weighted by Crippen LogP contribution is 2.23. The number of carbonyl (C=O) groups is 1. The van der Waals surface area contributed by atoms with Gasteiger partial charge in [-0.05, 0) is 55.7 Å². The van der Waals surface area contributed by atoms with Crippen molar-refractivity contribution in [2.75, 3.05) is 6.54 Å².